The van der Waals surface area contributed by atoms with Gasteiger partial charge in [0.1, 0.15) is 23.7 Å². The number of nitrogens with zero attached hydrogens (tertiary/aromatic N) is 1. The molecule has 1 N–H and O–H groups in total. The lowest BCUT2D eigenvalue weighted by molar-refractivity contribution is -0.122. The van der Waals surface area contributed by atoms with Gasteiger partial charge in [0, 0.05) is 10.6 Å². The second-order valence-corrected chi connectivity index (χ2v) is 8.27. The maximum absolute atomic E-state index is 13.2. The summed E-state index contributed by atoms with van der Waals surface area (Å²) in [5, 5.41) is 2.72. The quantitative estimate of drug-likeness (QED) is 0.350. The van der Waals surface area contributed by atoms with E-state index < -0.39 is 23.7 Å². The molecule has 166 valence electrons. The fourth-order valence-electron chi connectivity index (χ4n) is 3.14. The Morgan fingerprint density at radius 1 is 1.03 bits per heavy atom. The highest BCUT2D eigenvalue weighted by Crippen LogP contribution is 2.29. The van der Waals surface area contributed by atoms with Gasteiger partial charge in [-0.3, -0.25) is 14.9 Å². The maximum Gasteiger partial charge on any atom is 0.335 e. The normalized spacial score (nSPS) is 15.1. The number of carbonyl (C=O) groups excluding carboxylic acids is 3. The maximum atomic E-state index is 13.2. The summed E-state index contributed by atoms with van der Waals surface area (Å²) in [5.41, 5.74) is 1.25. The summed E-state index contributed by atoms with van der Waals surface area (Å²) in [4.78, 5) is 38.3. The molecule has 1 heterocycles. The Bertz CT molecular complexity index is 1290. The molecule has 0 radical (unpaired) electrons. The molecule has 9 heteroatoms. The summed E-state index contributed by atoms with van der Waals surface area (Å²) in [7, 11) is 0. The van der Waals surface area contributed by atoms with Crippen molar-refractivity contribution in [1.29, 1.82) is 0 Å². The zero-order valence-corrected chi connectivity index (χ0v) is 19.2. The summed E-state index contributed by atoms with van der Waals surface area (Å²) in [5.74, 6) is -1.61. The molecule has 0 spiro atoms. The molecule has 1 aliphatic heterocycles. The van der Waals surface area contributed by atoms with Crippen LogP contribution in [0.15, 0.2) is 76.8 Å². The average Bonchev–Trinajstić information content (AvgIpc) is 2.78. The van der Waals surface area contributed by atoms with Crippen LogP contribution >= 0.6 is 27.5 Å². The molecule has 1 fully saturated rings. The van der Waals surface area contributed by atoms with Crippen LogP contribution in [-0.2, 0) is 16.2 Å². The van der Waals surface area contributed by atoms with Crippen molar-refractivity contribution in [3.05, 3.63) is 98.7 Å². The molecule has 3 aromatic rings. The predicted octanol–water partition coefficient (Wildman–Crippen LogP) is 5.49. The van der Waals surface area contributed by atoms with E-state index in [-0.39, 0.29) is 17.9 Å². The number of amides is 4. The Hall–Kier alpha value is -3.49. The number of anilines is 1. The molecule has 33 heavy (non-hydrogen) atoms. The second kappa shape index (κ2) is 9.56. The molecule has 0 atom stereocenters. The van der Waals surface area contributed by atoms with E-state index >= 15 is 0 Å². The molecule has 1 aliphatic rings. The van der Waals surface area contributed by atoms with Crippen LogP contribution in [0, 0.1) is 5.82 Å². The zero-order chi connectivity index (χ0) is 23.5. The van der Waals surface area contributed by atoms with Gasteiger partial charge in [-0.05, 0) is 70.0 Å². The lowest BCUT2D eigenvalue weighted by Gasteiger charge is -2.26. The van der Waals surface area contributed by atoms with Gasteiger partial charge < -0.3 is 4.74 Å². The van der Waals surface area contributed by atoms with E-state index in [9.17, 15) is 18.8 Å². The van der Waals surface area contributed by atoms with Crippen LogP contribution in [0.3, 0.4) is 0 Å². The largest absolute Gasteiger partial charge is 0.488 e. The number of rotatable bonds is 5. The topological polar surface area (TPSA) is 75.7 Å². The van der Waals surface area contributed by atoms with Gasteiger partial charge in [0.25, 0.3) is 11.8 Å². The molecule has 1 saturated heterocycles. The highest BCUT2D eigenvalue weighted by atomic mass is 79.9. The first-order valence-corrected chi connectivity index (χ1v) is 10.8. The van der Waals surface area contributed by atoms with Crippen molar-refractivity contribution in [2.75, 3.05) is 4.90 Å². The average molecular weight is 530 g/mol. The number of nitrogens with one attached hydrogen (secondary N) is 1. The number of hydrogen-bond donors (Lipinski definition) is 1. The summed E-state index contributed by atoms with van der Waals surface area (Å²) in [6.45, 7) is 0.258. The summed E-state index contributed by atoms with van der Waals surface area (Å²) < 4.78 is 19.6. The van der Waals surface area contributed by atoms with Gasteiger partial charge >= 0.3 is 6.03 Å². The lowest BCUT2D eigenvalue weighted by atomic mass is 10.1. The van der Waals surface area contributed by atoms with Gasteiger partial charge in [-0.2, -0.15) is 0 Å². The van der Waals surface area contributed by atoms with Gasteiger partial charge in [-0.1, -0.05) is 35.9 Å². The number of halogens is 3. The molecule has 4 amide bonds. The summed E-state index contributed by atoms with van der Waals surface area (Å²) in [6, 6.07) is 16.2. The Morgan fingerprint density at radius 2 is 1.76 bits per heavy atom. The minimum Gasteiger partial charge on any atom is -0.488 e. The van der Waals surface area contributed by atoms with Crippen molar-refractivity contribution in [3.63, 3.8) is 0 Å². The fraction of sp³-hybridized carbons (Fsp3) is 0.0417. The van der Waals surface area contributed by atoms with E-state index in [1.807, 2.05) is 18.2 Å². The number of hydrogen-bond acceptors (Lipinski definition) is 4. The van der Waals surface area contributed by atoms with Crippen molar-refractivity contribution < 1.29 is 23.5 Å². The predicted molar refractivity (Wildman–Crippen MR) is 125 cm³/mol. The van der Waals surface area contributed by atoms with Crippen molar-refractivity contribution in [3.8, 4) is 5.75 Å². The smallest absolute Gasteiger partial charge is 0.335 e. The molecule has 0 bridgehead atoms. The molecule has 3 aromatic carbocycles. The van der Waals surface area contributed by atoms with E-state index in [0.717, 1.165) is 22.6 Å². The molecule has 0 saturated carbocycles. The molecule has 0 aliphatic carbocycles. The molecule has 4 rings (SSSR count). The number of carbonyl (C=O) groups is 3. The van der Waals surface area contributed by atoms with E-state index in [2.05, 4.69) is 21.2 Å². The highest BCUT2D eigenvalue weighted by molar-refractivity contribution is 9.10. The third kappa shape index (κ3) is 4.97. The third-order valence-corrected chi connectivity index (χ3v) is 5.78. The van der Waals surface area contributed by atoms with Crippen LogP contribution in [0.5, 0.6) is 5.75 Å². The third-order valence-electron chi connectivity index (χ3n) is 4.79. The van der Waals surface area contributed by atoms with Crippen LogP contribution in [0.25, 0.3) is 6.08 Å². The Morgan fingerprint density at radius 3 is 2.45 bits per heavy atom. The summed E-state index contributed by atoms with van der Waals surface area (Å²) >= 11 is 9.58. The number of benzene rings is 3. The second-order valence-electron chi connectivity index (χ2n) is 7.00. The molecule has 6 nitrogen and oxygen atoms in total. The molecular formula is C24H15BrClFN2O4. The van der Waals surface area contributed by atoms with E-state index in [1.165, 1.54) is 18.2 Å². The Kier molecular flexibility index (Phi) is 6.57. The van der Waals surface area contributed by atoms with Crippen LogP contribution in [0.2, 0.25) is 5.02 Å². The van der Waals surface area contributed by atoms with Crippen molar-refractivity contribution in [2.24, 2.45) is 0 Å². The van der Waals surface area contributed by atoms with Gasteiger partial charge in [0.2, 0.25) is 0 Å². The van der Waals surface area contributed by atoms with Gasteiger partial charge in [-0.15, -0.1) is 0 Å². The minimum absolute atomic E-state index is 0.141. The van der Waals surface area contributed by atoms with Crippen molar-refractivity contribution in [2.45, 2.75) is 6.61 Å². The van der Waals surface area contributed by atoms with E-state index in [4.69, 9.17) is 16.3 Å². The minimum atomic E-state index is -0.904. The Labute approximate surface area is 201 Å². The first-order chi connectivity index (χ1) is 15.8. The Balaban J connectivity index is 1.57. The van der Waals surface area contributed by atoms with Crippen LogP contribution in [0.1, 0.15) is 11.1 Å². The summed E-state index contributed by atoms with van der Waals surface area (Å²) in [6.07, 6.45) is 1.36. The van der Waals surface area contributed by atoms with Gasteiger partial charge in [0.05, 0.1) is 10.2 Å². The van der Waals surface area contributed by atoms with Gasteiger partial charge in [0.15, 0.2) is 0 Å². The lowest BCUT2D eigenvalue weighted by Crippen LogP contribution is -2.54. The van der Waals surface area contributed by atoms with Crippen LogP contribution < -0.4 is 15.0 Å². The SMILES string of the molecule is O=C1NC(=O)N(c2ccc(F)cc2)C(=O)/C1=C/c1ccc(OCc2ccccc2Cl)c(Br)c1. The van der Waals surface area contributed by atoms with Gasteiger partial charge in [-0.25, -0.2) is 14.1 Å². The van der Waals surface area contributed by atoms with Crippen molar-refractivity contribution >= 4 is 57.1 Å². The van der Waals surface area contributed by atoms with E-state index in [0.29, 0.717) is 20.8 Å². The van der Waals surface area contributed by atoms with Crippen LogP contribution in [-0.4, -0.2) is 17.8 Å². The zero-order valence-electron chi connectivity index (χ0n) is 16.8. The first-order valence-electron chi connectivity index (χ1n) is 9.66. The highest BCUT2D eigenvalue weighted by Gasteiger charge is 2.36. The van der Waals surface area contributed by atoms with E-state index in [1.54, 1.807) is 24.3 Å². The monoisotopic (exact) mass is 528 g/mol. The first kappa shape index (κ1) is 22.7. The fourth-order valence-corrected chi connectivity index (χ4v) is 3.84. The number of ether oxygens (including phenoxy) is 1. The number of imide groups is 2. The molecule has 0 unspecified atom stereocenters. The standard InChI is InChI=1S/C24H15BrClFN2O4/c25-19-12-14(5-10-21(19)33-13-15-3-1-2-4-20(15)26)11-18-22(30)28-24(32)29(23(18)31)17-8-6-16(27)7-9-17/h1-12H,13H2,(H,28,30,32)/b18-11+. The van der Waals surface area contributed by atoms with Crippen molar-refractivity contribution in [1.82, 2.24) is 5.32 Å². The molecular weight excluding hydrogens is 515 g/mol. The van der Waals surface area contributed by atoms with Crippen LogP contribution in [0.4, 0.5) is 14.9 Å². The number of urea groups is 1. The molecule has 0 aromatic heterocycles. The number of barbiturate groups is 1.